The monoisotopic (exact) mass is 766 g/mol. The molecule has 1 N–H and O–H groups in total. The number of benzene rings is 5. The van der Waals surface area contributed by atoms with Gasteiger partial charge in [-0.3, -0.25) is 0 Å². The van der Waals surface area contributed by atoms with Crippen LogP contribution in [0.1, 0.15) is 80.8 Å². The lowest BCUT2D eigenvalue weighted by atomic mass is 9.68. The maximum absolute atomic E-state index is 4.62. The summed E-state index contributed by atoms with van der Waals surface area (Å²) in [6.45, 7) is 35.4. The lowest BCUT2D eigenvalue weighted by Crippen LogP contribution is -2.27. The molecule has 0 unspecified atom stereocenters. The van der Waals surface area contributed by atoms with Crippen LogP contribution in [0.3, 0.4) is 0 Å². The minimum Gasteiger partial charge on any atom is -0.356 e. The molecule has 5 aromatic rings. The highest BCUT2D eigenvalue weighted by atomic mass is 14.9. The minimum atomic E-state index is -0.188. The molecule has 0 spiro atoms. The van der Waals surface area contributed by atoms with Gasteiger partial charge in [0.15, 0.2) is 0 Å². The predicted octanol–water partition coefficient (Wildman–Crippen LogP) is 17.0. The smallest absolute Gasteiger partial charge is 0.0384 e. The van der Waals surface area contributed by atoms with E-state index in [0.29, 0.717) is 0 Å². The van der Waals surface area contributed by atoms with Gasteiger partial charge in [0.1, 0.15) is 0 Å². The molecule has 5 aromatic carbocycles. The Hall–Kier alpha value is -6.18. The fourth-order valence-electron chi connectivity index (χ4n) is 6.85. The molecule has 0 saturated carbocycles. The molecular weight excluding hydrogens is 699 g/mol. The van der Waals surface area contributed by atoms with Crippen LogP contribution in [0.4, 0.5) is 5.69 Å². The van der Waals surface area contributed by atoms with Gasteiger partial charge in [-0.15, -0.1) is 13.2 Å². The third-order valence-electron chi connectivity index (χ3n) is 10.2. The van der Waals surface area contributed by atoms with Crippen molar-refractivity contribution in [1.29, 1.82) is 0 Å². The fourth-order valence-corrected chi connectivity index (χ4v) is 6.85. The van der Waals surface area contributed by atoms with Crippen molar-refractivity contribution in [2.45, 2.75) is 73.6 Å². The second kappa shape index (κ2) is 25.9. The molecule has 0 aliphatic heterocycles. The Kier molecular flexibility index (Phi) is 21.4. The fraction of sp³-hybridized carbons (Fsp3) is 0.193. The van der Waals surface area contributed by atoms with E-state index in [2.05, 4.69) is 188 Å². The molecule has 0 aliphatic carbocycles. The molecule has 5 rings (SSSR count). The Morgan fingerprint density at radius 1 is 0.638 bits per heavy atom. The van der Waals surface area contributed by atoms with Crippen molar-refractivity contribution in [1.82, 2.24) is 0 Å². The molecule has 0 aromatic heterocycles. The van der Waals surface area contributed by atoms with Gasteiger partial charge in [0.05, 0.1) is 0 Å². The lowest BCUT2D eigenvalue weighted by Gasteiger charge is -2.35. The number of rotatable bonds is 14. The molecule has 0 radical (unpaired) electrons. The summed E-state index contributed by atoms with van der Waals surface area (Å²) < 4.78 is 0. The standard InChI is InChI=1S/C46H47N.C7H10.C2H6.C2H4/c1-8-42(47-43-19-15-12-16-20-43)30-35(6)46(9-2,10-3)45-31-38(22-21-33(45)4)24-23-37-25-27-40(28-26-37)44-32-41(29-34(5)36(44)7)39-17-13-11-14-18-39;1-3-5-7-6-4-2;2*1-2/h8,11-32,47H,1,6,9-10H2,2-5,7H3;3-7H,1H2,2H3;1-2H3;1-2H2/b24-23+,42-30+;6-4-,7-5-;;. The molecule has 0 bridgehead atoms. The molecule has 58 heavy (non-hydrogen) atoms. The van der Waals surface area contributed by atoms with Gasteiger partial charge in [0.2, 0.25) is 0 Å². The molecule has 0 atom stereocenters. The summed E-state index contributed by atoms with van der Waals surface area (Å²) in [5.41, 5.74) is 15.5. The van der Waals surface area contributed by atoms with Gasteiger partial charge in [-0.2, -0.15) is 0 Å². The Morgan fingerprint density at radius 3 is 1.79 bits per heavy atom. The van der Waals surface area contributed by atoms with E-state index in [9.17, 15) is 0 Å². The maximum atomic E-state index is 4.62. The first-order valence-electron chi connectivity index (χ1n) is 20.5. The maximum Gasteiger partial charge on any atom is 0.0384 e. The molecule has 0 amide bonds. The normalized spacial score (nSPS) is 11.1. The third kappa shape index (κ3) is 13.5. The van der Waals surface area contributed by atoms with Crippen LogP contribution >= 0.6 is 0 Å². The zero-order valence-corrected chi connectivity index (χ0v) is 36.6. The van der Waals surface area contributed by atoms with Crippen molar-refractivity contribution in [3.05, 3.63) is 235 Å². The summed E-state index contributed by atoms with van der Waals surface area (Å²) in [7, 11) is 0. The van der Waals surface area contributed by atoms with E-state index in [4.69, 9.17) is 0 Å². The SMILES string of the molecule is C=C.C=C/C(=C\C(=C)C(CC)(CC)c1cc(/C=C/c2ccc(-c3cc(-c4ccccc4)cc(C)c3C)cc2)ccc1C)Nc1ccccc1.C=C/C=C\C=C/C.CC. The van der Waals surface area contributed by atoms with Crippen molar-refractivity contribution >= 4 is 17.8 Å². The van der Waals surface area contributed by atoms with Crippen LogP contribution in [-0.2, 0) is 5.41 Å². The van der Waals surface area contributed by atoms with E-state index in [-0.39, 0.29) is 5.41 Å². The highest BCUT2D eigenvalue weighted by Crippen LogP contribution is 2.41. The Morgan fingerprint density at radius 2 is 1.22 bits per heavy atom. The molecule has 1 nitrogen and oxygen atoms in total. The van der Waals surface area contributed by atoms with E-state index >= 15 is 0 Å². The number of hydrogen-bond donors (Lipinski definition) is 1. The second-order valence-electron chi connectivity index (χ2n) is 13.6. The lowest BCUT2D eigenvalue weighted by molar-refractivity contribution is 0.475. The van der Waals surface area contributed by atoms with Gasteiger partial charge in [-0.1, -0.05) is 187 Å². The summed E-state index contributed by atoms with van der Waals surface area (Å²) in [5.74, 6) is 0. The van der Waals surface area contributed by atoms with Crippen molar-refractivity contribution in [2.75, 3.05) is 5.32 Å². The van der Waals surface area contributed by atoms with E-state index in [1.807, 2.05) is 69.4 Å². The van der Waals surface area contributed by atoms with Gasteiger partial charge in [0.25, 0.3) is 0 Å². The van der Waals surface area contributed by atoms with Crippen LogP contribution in [0.5, 0.6) is 0 Å². The predicted molar refractivity (Wildman–Crippen MR) is 263 cm³/mol. The first-order chi connectivity index (χ1) is 28.2. The van der Waals surface area contributed by atoms with E-state index in [1.165, 1.54) is 55.6 Å². The van der Waals surface area contributed by atoms with Crippen molar-refractivity contribution in [3.63, 3.8) is 0 Å². The number of aryl methyl sites for hydroxylation is 2. The topological polar surface area (TPSA) is 12.0 Å². The molecule has 0 fully saturated rings. The molecule has 0 aliphatic rings. The van der Waals surface area contributed by atoms with Crippen molar-refractivity contribution in [2.24, 2.45) is 0 Å². The first kappa shape index (κ1) is 48.0. The highest BCUT2D eigenvalue weighted by molar-refractivity contribution is 5.78. The van der Waals surface area contributed by atoms with Crippen molar-refractivity contribution in [3.8, 4) is 22.3 Å². The molecule has 1 heteroatoms. The summed E-state index contributed by atoms with van der Waals surface area (Å²) in [5, 5.41) is 3.50. The summed E-state index contributed by atoms with van der Waals surface area (Å²) in [6.07, 6.45) is 19.9. The summed E-state index contributed by atoms with van der Waals surface area (Å²) in [4.78, 5) is 0. The van der Waals surface area contributed by atoms with E-state index in [1.54, 1.807) is 6.08 Å². The molecule has 0 saturated heterocycles. The van der Waals surface area contributed by atoms with Crippen LogP contribution in [0, 0.1) is 20.8 Å². The first-order valence-corrected chi connectivity index (χ1v) is 20.5. The van der Waals surface area contributed by atoms with Gasteiger partial charge in [-0.05, 0) is 132 Å². The minimum absolute atomic E-state index is 0.188. The van der Waals surface area contributed by atoms with E-state index in [0.717, 1.165) is 29.8 Å². The Labute approximate surface area is 353 Å². The van der Waals surface area contributed by atoms with Crippen LogP contribution in [0.25, 0.3) is 34.4 Å². The number of nitrogens with one attached hydrogen (secondary N) is 1. The second-order valence-corrected chi connectivity index (χ2v) is 13.6. The number of allylic oxidation sites excluding steroid dienone is 8. The zero-order chi connectivity index (χ0) is 42.9. The van der Waals surface area contributed by atoms with Crippen molar-refractivity contribution < 1.29 is 0 Å². The van der Waals surface area contributed by atoms with Gasteiger partial charge in [0, 0.05) is 16.8 Å². The van der Waals surface area contributed by atoms with Crippen LogP contribution in [0.15, 0.2) is 202 Å². The molecular formula is C57H67N. The Balaban J connectivity index is 0.000000942. The molecule has 0 heterocycles. The molecule has 300 valence electrons. The van der Waals surface area contributed by atoms with Crippen LogP contribution < -0.4 is 5.32 Å². The number of anilines is 1. The van der Waals surface area contributed by atoms with Crippen LogP contribution in [-0.4, -0.2) is 0 Å². The average molecular weight is 766 g/mol. The third-order valence-corrected chi connectivity index (χ3v) is 10.2. The van der Waals surface area contributed by atoms with Gasteiger partial charge in [-0.25, -0.2) is 0 Å². The van der Waals surface area contributed by atoms with Crippen LogP contribution in [0.2, 0.25) is 0 Å². The Bertz CT molecular complexity index is 2130. The number of para-hydroxylation sites is 1. The van der Waals surface area contributed by atoms with Gasteiger partial charge < -0.3 is 5.32 Å². The average Bonchev–Trinajstić information content (AvgIpc) is 3.27. The zero-order valence-electron chi connectivity index (χ0n) is 36.6. The largest absolute Gasteiger partial charge is 0.356 e. The van der Waals surface area contributed by atoms with Gasteiger partial charge >= 0.3 is 0 Å². The summed E-state index contributed by atoms with van der Waals surface area (Å²) in [6, 6.07) is 41.2. The van der Waals surface area contributed by atoms with E-state index < -0.39 is 0 Å². The summed E-state index contributed by atoms with van der Waals surface area (Å²) >= 11 is 0. The quantitative estimate of drug-likeness (QED) is 0.0674. The highest BCUT2D eigenvalue weighted by Gasteiger charge is 2.32. The number of hydrogen-bond acceptors (Lipinski definition) is 1.